The lowest BCUT2D eigenvalue weighted by Crippen LogP contribution is -2.49. The zero-order valence-corrected chi connectivity index (χ0v) is 25.2. The SMILES string of the molecule is CC(C)(O)CCCS(=O)(=O)N1CCN(c2ccc3nc(OC4CCN(C(=O)OCC5CCC5)CC4)sc3c2)CC1. The molecule has 0 bridgehead atoms. The first-order valence-electron chi connectivity index (χ1n) is 14.5. The lowest BCUT2D eigenvalue weighted by Gasteiger charge is -2.35. The van der Waals surface area contributed by atoms with E-state index in [4.69, 9.17) is 9.47 Å². The molecule has 0 atom stereocenters. The average molecular weight is 595 g/mol. The molecule has 2 saturated heterocycles. The molecule has 40 heavy (non-hydrogen) atoms. The van der Waals surface area contributed by atoms with Crippen molar-refractivity contribution in [2.24, 2.45) is 5.92 Å². The van der Waals surface area contributed by atoms with E-state index in [0.717, 1.165) is 28.7 Å². The number of fused-ring (bicyclic) bond motifs is 1. The van der Waals surface area contributed by atoms with Gasteiger partial charge in [-0.15, -0.1) is 0 Å². The zero-order valence-electron chi connectivity index (χ0n) is 23.6. The van der Waals surface area contributed by atoms with Crippen LogP contribution in [0.3, 0.4) is 0 Å². The Bertz CT molecular complexity index is 1260. The van der Waals surface area contributed by atoms with Crippen molar-refractivity contribution in [2.75, 3.05) is 56.5 Å². The third-order valence-corrected chi connectivity index (χ3v) is 11.0. The topological polar surface area (TPSA) is 113 Å². The normalized spacial score (nSPS) is 20.1. The molecule has 0 radical (unpaired) electrons. The summed E-state index contributed by atoms with van der Waals surface area (Å²) in [4.78, 5) is 21.0. The number of anilines is 1. The van der Waals surface area contributed by atoms with Crippen LogP contribution in [0.15, 0.2) is 18.2 Å². The number of amides is 1. The Kier molecular flexibility index (Phi) is 9.08. The average Bonchev–Trinajstić information content (AvgIpc) is 3.29. The lowest BCUT2D eigenvalue weighted by molar-refractivity contribution is 0.0500. The number of aliphatic hydroxyl groups is 1. The van der Waals surface area contributed by atoms with Gasteiger partial charge in [0.15, 0.2) is 0 Å². The fourth-order valence-corrected chi connectivity index (χ4v) is 7.82. The molecular weight excluding hydrogens is 552 g/mol. The number of benzene rings is 1. The first-order chi connectivity index (χ1) is 19.1. The van der Waals surface area contributed by atoms with Gasteiger partial charge < -0.3 is 24.4 Å². The predicted octanol–water partition coefficient (Wildman–Crippen LogP) is 4.08. The minimum atomic E-state index is -3.33. The first-order valence-corrected chi connectivity index (χ1v) is 16.9. The lowest BCUT2D eigenvalue weighted by atomic mass is 9.86. The highest BCUT2D eigenvalue weighted by Gasteiger charge is 2.29. The second-order valence-electron chi connectivity index (χ2n) is 11.9. The van der Waals surface area contributed by atoms with E-state index in [1.54, 1.807) is 23.1 Å². The summed E-state index contributed by atoms with van der Waals surface area (Å²) in [5, 5.41) is 10.5. The van der Waals surface area contributed by atoms with Crippen LogP contribution in [-0.4, -0.2) is 97.1 Å². The molecule has 12 heteroatoms. The van der Waals surface area contributed by atoms with Gasteiger partial charge in [0.2, 0.25) is 10.0 Å². The Hall–Kier alpha value is -2.15. The Morgan fingerprint density at radius 1 is 1.10 bits per heavy atom. The van der Waals surface area contributed by atoms with Crippen molar-refractivity contribution in [1.82, 2.24) is 14.2 Å². The molecule has 1 saturated carbocycles. The van der Waals surface area contributed by atoms with Crippen LogP contribution in [0.2, 0.25) is 0 Å². The van der Waals surface area contributed by atoms with Crippen molar-refractivity contribution in [1.29, 1.82) is 0 Å². The van der Waals surface area contributed by atoms with Crippen molar-refractivity contribution in [3.05, 3.63) is 18.2 Å². The molecule has 10 nitrogen and oxygen atoms in total. The monoisotopic (exact) mass is 594 g/mol. The molecule has 2 aliphatic heterocycles. The Morgan fingerprint density at radius 3 is 2.48 bits per heavy atom. The van der Waals surface area contributed by atoms with E-state index in [9.17, 15) is 18.3 Å². The number of nitrogens with zero attached hydrogens (tertiary/aromatic N) is 4. The summed E-state index contributed by atoms with van der Waals surface area (Å²) in [5.74, 6) is 0.613. The van der Waals surface area contributed by atoms with Gasteiger partial charge in [-0.1, -0.05) is 17.8 Å². The first kappa shape index (κ1) is 29.3. The number of piperidine rings is 1. The number of hydrogen-bond donors (Lipinski definition) is 1. The van der Waals surface area contributed by atoms with Crippen molar-refractivity contribution in [3.63, 3.8) is 0 Å². The van der Waals surface area contributed by atoms with Gasteiger partial charge in [-0.2, -0.15) is 4.31 Å². The second kappa shape index (κ2) is 12.4. The van der Waals surface area contributed by atoms with Crippen LogP contribution in [0, 0.1) is 5.92 Å². The fraction of sp³-hybridized carbons (Fsp3) is 0.714. The zero-order chi connectivity index (χ0) is 28.3. The maximum absolute atomic E-state index is 12.8. The number of piperazine rings is 1. The highest BCUT2D eigenvalue weighted by molar-refractivity contribution is 7.89. The largest absolute Gasteiger partial charge is 0.467 e. The van der Waals surface area contributed by atoms with E-state index in [-0.39, 0.29) is 18.0 Å². The summed E-state index contributed by atoms with van der Waals surface area (Å²) in [6.45, 7) is 7.36. The number of aromatic nitrogens is 1. The minimum absolute atomic E-state index is 0.0224. The summed E-state index contributed by atoms with van der Waals surface area (Å²) in [6, 6.07) is 6.13. The molecule has 1 aromatic carbocycles. The van der Waals surface area contributed by atoms with Crippen LogP contribution < -0.4 is 9.64 Å². The quantitative estimate of drug-likeness (QED) is 0.438. The van der Waals surface area contributed by atoms with Crippen LogP contribution in [-0.2, 0) is 14.8 Å². The number of likely N-dealkylation sites (tertiary alicyclic amines) is 1. The molecule has 2 aromatic rings. The highest BCUT2D eigenvalue weighted by atomic mass is 32.2. The summed E-state index contributed by atoms with van der Waals surface area (Å²) < 4.78 is 39.8. The summed E-state index contributed by atoms with van der Waals surface area (Å²) >= 11 is 1.52. The number of ether oxygens (including phenoxy) is 2. The molecule has 222 valence electrons. The van der Waals surface area contributed by atoms with Gasteiger partial charge in [-0.05, 0) is 63.6 Å². The van der Waals surface area contributed by atoms with E-state index >= 15 is 0 Å². The molecule has 5 rings (SSSR count). The number of sulfonamides is 1. The van der Waals surface area contributed by atoms with Gasteiger partial charge in [-0.3, -0.25) is 0 Å². The fourth-order valence-electron chi connectivity index (χ4n) is 5.42. The maximum atomic E-state index is 12.8. The number of carbonyl (C=O) groups is 1. The molecule has 0 unspecified atom stereocenters. The Balaban J connectivity index is 1.09. The Labute approximate surface area is 241 Å². The van der Waals surface area contributed by atoms with E-state index in [1.807, 2.05) is 12.1 Å². The van der Waals surface area contributed by atoms with Gasteiger partial charge in [0, 0.05) is 57.8 Å². The molecule has 3 heterocycles. The third-order valence-electron chi connectivity index (χ3n) is 8.18. The van der Waals surface area contributed by atoms with Crippen LogP contribution in [0.4, 0.5) is 10.5 Å². The molecule has 1 aliphatic carbocycles. The van der Waals surface area contributed by atoms with Crippen LogP contribution >= 0.6 is 11.3 Å². The van der Waals surface area contributed by atoms with E-state index in [1.165, 1.54) is 30.6 Å². The van der Waals surface area contributed by atoms with Gasteiger partial charge in [0.05, 0.1) is 28.2 Å². The van der Waals surface area contributed by atoms with Crippen molar-refractivity contribution in [2.45, 2.75) is 70.5 Å². The molecule has 1 N–H and O–H groups in total. The van der Waals surface area contributed by atoms with E-state index in [2.05, 4.69) is 16.0 Å². The number of rotatable bonds is 10. The second-order valence-corrected chi connectivity index (χ2v) is 15.0. The van der Waals surface area contributed by atoms with Crippen molar-refractivity contribution >= 4 is 43.4 Å². The third kappa shape index (κ3) is 7.57. The van der Waals surface area contributed by atoms with E-state index < -0.39 is 15.6 Å². The summed E-state index contributed by atoms with van der Waals surface area (Å²) in [5.41, 5.74) is 1.08. The van der Waals surface area contributed by atoms with Gasteiger partial charge in [-0.25, -0.2) is 18.2 Å². The molecule has 3 fully saturated rings. The Morgan fingerprint density at radius 2 is 1.82 bits per heavy atom. The standard InChI is InChI=1S/C28H42N4O6S2/c1-28(2,34)11-4-18-40(35,36)32-16-14-30(15-17-32)22-7-8-24-25(19-22)39-26(29-24)38-23-9-12-31(13-10-23)27(33)37-20-21-5-3-6-21/h7-8,19,21,23,34H,3-6,9-18,20H2,1-2H3. The van der Waals surface area contributed by atoms with Crippen molar-refractivity contribution < 1.29 is 27.8 Å². The molecule has 1 aromatic heterocycles. The molecular formula is C28H42N4O6S2. The molecule has 1 amide bonds. The minimum Gasteiger partial charge on any atom is -0.467 e. The molecule has 0 spiro atoms. The van der Waals surface area contributed by atoms with Crippen molar-refractivity contribution in [3.8, 4) is 5.19 Å². The highest BCUT2D eigenvalue weighted by Crippen LogP contribution is 2.33. The smallest absolute Gasteiger partial charge is 0.409 e. The predicted molar refractivity (Wildman–Crippen MR) is 157 cm³/mol. The van der Waals surface area contributed by atoms with Crippen LogP contribution in [0.25, 0.3) is 10.2 Å². The van der Waals surface area contributed by atoms with Crippen LogP contribution in [0.1, 0.15) is 58.8 Å². The van der Waals surface area contributed by atoms with Gasteiger partial charge in [0.25, 0.3) is 5.19 Å². The van der Waals surface area contributed by atoms with Crippen LogP contribution in [0.5, 0.6) is 5.19 Å². The van der Waals surface area contributed by atoms with Gasteiger partial charge in [0.1, 0.15) is 6.10 Å². The number of carbonyl (C=O) groups excluding carboxylic acids is 1. The summed E-state index contributed by atoms with van der Waals surface area (Å²) in [6.07, 6.45) is 5.81. The summed E-state index contributed by atoms with van der Waals surface area (Å²) in [7, 11) is -3.33. The number of hydrogen-bond acceptors (Lipinski definition) is 9. The van der Waals surface area contributed by atoms with Gasteiger partial charge >= 0.3 is 6.09 Å². The maximum Gasteiger partial charge on any atom is 0.409 e. The van der Waals surface area contributed by atoms with E-state index in [0.29, 0.717) is 69.8 Å². The molecule has 3 aliphatic rings. The number of thiazole rings is 1.